The molecule has 5 heteroatoms. The number of carbonyl (C=O) groups is 2. The van der Waals surface area contributed by atoms with Crippen molar-refractivity contribution in [2.24, 2.45) is 0 Å². The quantitative estimate of drug-likeness (QED) is 0.388. The second-order valence-electron chi connectivity index (χ2n) is 8.81. The molecule has 4 rings (SSSR count). The van der Waals surface area contributed by atoms with Gasteiger partial charge < -0.3 is 9.84 Å². The van der Waals surface area contributed by atoms with Crippen molar-refractivity contribution < 1.29 is 19.4 Å². The van der Waals surface area contributed by atoms with Crippen molar-refractivity contribution in [1.29, 1.82) is 0 Å². The number of ether oxygens (including phenoxy) is 1. The van der Waals surface area contributed by atoms with Gasteiger partial charge in [0.05, 0.1) is 12.3 Å². The van der Waals surface area contributed by atoms with E-state index >= 15 is 0 Å². The summed E-state index contributed by atoms with van der Waals surface area (Å²) in [5.41, 5.74) is 3.67. The molecule has 166 valence electrons. The molecule has 0 saturated heterocycles. The third kappa shape index (κ3) is 3.56. The zero-order valence-corrected chi connectivity index (χ0v) is 19.0. The van der Waals surface area contributed by atoms with Crippen LogP contribution < -0.4 is 9.64 Å². The fraction of sp³-hybridized carbons (Fsp3) is 0.333. The molecule has 0 aliphatic carbocycles. The molecular weight excluding hydrogens is 402 g/mol. The number of rotatable bonds is 7. The Kier molecular flexibility index (Phi) is 6.02. The van der Waals surface area contributed by atoms with Crippen molar-refractivity contribution in [2.45, 2.75) is 46.0 Å². The highest BCUT2D eigenvalue weighted by molar-refractivity contribution is 6.36. The maximum atomic E-state index is 13.8. The first-order chi connectivity index (χ1) is 15.4. The Morgan fingerprint density at radius 3 is 2.03 bits per heavy atom. The van der Waals surface area contributed by atoms with E-state index in [1.54, 1.807) is 18.2 Å². The zero-order chi connectivity index (χ0) is 23.0. The standard InChI is InChI=1S/C27H29NO4/c1-16(2)18-8-5-9-19(17(3)4)25(18)28-26(30)21-11-6-10-20-23(32-15-7-14-29)13-12-22(24(20)21)27(28)31/h5-6,8-13,16-17,29H,7,14-15H2,1-4H3. The first-order valence-electron chi connectivity index (χ1n) is 11.2. The zero-order valence-electron chi connectivity index (χ0n) is 19.0. The number of benzene rings is 3. The van der Waals surface area contributed by atoms with Crippen LogP contribution >= 0.6 is 0 Å². The smallest absolute Gasteiger partial charge is 0.266 e. The summed E-state index contributed by atoms with van der Waals surface area (Å²) in [7, 11) is 0. The van der Waals surface area contributed by atoms with Crippen molar-refractivity contribution in [3.63, 3.8) is 0 Å². The lowest BCUT2D eigenvalue weighted by molar-refractivity contribution is 0.0893. The highest BCUT2D eigenvalue weighted by Crippen LogP contribution is 2.41. The lowest BCUT2D eigenvalue weighted by atomic mass is 9.88. The van der Waals surface area contributed by atoms with Gasteiger partial charge in [0.2, 0.25) is 0 Å². The second kappa shape index (κ2) is 8.75. The summed E-state index contributed by atoms with van der Waals surface area (Å²) in [5.74, 6) is 0.303. The van der Waals surface area contributed by atoms with Crippen LogP contribution in [-0.4, -0.2) is 30.1 Å². The summed E-state index contributed by atoms with van der Waals surface area (Å²) >= 11 is 0. The maximum Gasteiger partial charge on any atom is 0.266 e. The Labute approximate surface area is 188 Å². The van der Waals surface area contributed by atoms with Crippen LogP contribution in [0, 0.1) is 0 Å². The van der Waals surface area contributed by atoms with E-state index in [1.807, 2.05) is 30.3 Å². The summed E-state index contributed by atoms with van der Waals surface area (Å²) in [6.45, 7) is 8.71. The van der Waals surface area contributed by atoms with E-state index in [0.29, 0.717) is 41.0 Å². The third-order valence-electron chi connectivity index (χ3n) is 5.99. The first kappa shape index (κ1) is 22.0. The molecule has 0 fully saturated rings. The fourth-order valence-corrected chi connectivity index (χ4v) is 4.42. The molecule has 0 atom stereocenters. The van der Waals surface area contributed by atoms with Crippen LogP contribution in [0.15, 0.2) is 48.5 Å². The Hall–Kier alpha value is -3.18. The number of amides is 2. The van der Waals surface area contributed by atoms with E-state index in [9.17, 15) is 9.59 Å². The van der Waals surface area contributed by atoms with Gasteiger partial charge in [-0.05, 0) is 41.2 Å². The Bertz CT molecular complexity index is 1150. The first-order valence-corrected chi connectivity index (χ1v) is 11.2. The monoisotopic (exact) mass is 431 g/mol. The highest BCUT2D eigenvalue weighted by Gasteiger charge is 2.37. The van der Waals surface area contributed by atoms with E-state index < -0.39 is 0 Å². The molecule has 0 aromatic heterocycles. The van der Waals surface area contributed by atoms with Crippen LogP contribution in [-0.2, 0) is 0 Å². The van der Waals surface area contributed by atoms with E-state index in [0.717, 1.165) is 16.5 Å². The normalized spacial score (nSPS) is 13.5. The number of carbonyl (C=O) groups excluding carboxylic acids is 2. The number of para-hydroxylation sites is 1. The minimum atomic E-state index is -0.310. The van der Waals surface area contributed by atoms with Crippen LogP contribution in [0.25, 0.3) is 10.8 Å². The number of aliphatic hydroxyl groups is 1. The fourth-order valence-electron chi connectivity index (χ4n) is 4.42. The van der Waals surface area contributed by atoms with E-state index in [2.05, 4.69) is 27.7 Å². The summed E-state index contributed by atoms with van der Waals surface area (Å²) in [4.78, 5) is 28.9. The van der Waals surface area contributed by atoms with Crippen molar-refractivity contribution in [2.75, 3.05) is 18.1 Å². The number of aliphatic hydroxyl groups excluding tert-OH is 1. The highest BCUT2D eigenvalue weighted by atomic mass is 16.5. The molecule has 0 bridgehead atoms. The minimum Gasteiger partial charge on any atom is -0.493 e. The number of anilines is 1. The molecule has 1 heterocycles. The van der Waals surface area contributed by atoms with Gasteiger partial charge in [-0.3, -0.25) is 9.59 Å². The van der Waals surface area contributed by atoms with Crippen LogP contribution in [0.5, 0.6) is 5.75 Å². The largest absolute Gasteiger partial charge is 0.493 e. The molecular formula is C27H29NO4. The average Bonchev–Trinajstić information content (AvgIpc) is 2.78. The number of hydrogen-bond acceptors (Lipinski definition) is 4. The topological polar surface area (TPSA) is 66.8 Å². The molecule has 2 amide bonds. The maximum absolute atomic E-state index is 13.8. The van der Waals surface area contributed by atoms with Gasteiger partial charge in [0.25, 0.3) is 11.8 Å². The molecule has 3 aromatic carbocycles. The van der Waals surface area contributed by atoms with Crippen molar-refractivity contribution >= 4 is 28.3 Å². The molecule has 32 heavy (non-hydrogen) atoms. The molecule has 5 nitrogen and oxygen atoms in total. The second-order valence-corrected chi connectivity index (χ2v) is 8.81. The molecule has 0 saturated carbocycles. The van der Waals surface area contributed by atoms with Crippen molar-refractivity contribution in [3.05, 3.63) is 70.8 Å². The van der Waals surface area contributed by atoms with Gasteiger partial charge in [0.1, 0.15) is 5.75 Å². The van der Waals surface area contributed by atoms with E-state index in [4.69, 9.17) is 9.84 Å². The number of imide groups is 1. The lowest BCUT2D eigenvalue weighted by Crippen LogP contribution is -2.41. The molecule has 0 spiro atoms. The van der Waals surface area contributed by atoms with Gasteiger partial charge in [-0.2, -0.15) is 0 Å². The van der Waals surface area contributed by atoms with Crippen molar-refractivity contribution in [1.82, 2.24) is 0 Å². The molecule has 1 aliphatic rings. The number of nitrogens with zero attached hydrogens (tertiary/aromatic N) is 1. The van der Waals surface area contributed by atoms with E-state index in [-0.39, 0.29) is 30.3 Å². The SMILES string of the molecule is CC(C)c1cccc(C(C)C)c1N1C(=O)c2cccc3c(OCCCO)ccc(c23)C1=O. The van der Waals surface area contributed by atoms with Crippen LogP contribution in [0.1, 0.15) is 77.8 Å². The Morgan fingerprint density at radius 1 is 0.844 bits per heavy atom. The van der Waals surface area contributed by atoms with Gasteiger partial charge in [-0.15, -0.1) is 0 Å². The summed E-state index contributed by atoms with van der Waals surface area (Å²) in [6.07, 6.45) is 0.512. The lowest BCUT2D eigenvalue weighted by Gasteiger charge is -2.32. The molecule has 0 unspecified atom stereocenters. The predicted octanol–water partition coefficient (Wildman–Crippen LogP) is 5.65. The van der Waals surface area contributed by atoms with Gasteiger partial charge in [-0.1, -0.05) is 58.0 Å². The molecule has 3 aromatic rings. The number of hydrogen-bond donors (Lipinski definition) is 1. The van der Waals surface area contributed by atoms with Crippen LogP contribution in [0.3, 0.4) is 0 Å². The average molecular weight is 432 g/mol. The van der Waals surface area contributed by atoms with Gasteiger partial charge >= 0.3 is 0 Å². The molecule has 1 N–H and O–H groups in total. The Balaban J connectivity index is 1.91. The summed E-state index contributed by atoms with van der Waals surface area (Å²) in [5, 5.41) is 10.4. The Morgan fingerprint density at radius 2 is 1.44 bits per heavy atom. The van der Waals surface area contributed by atoms with Crippen LogP contribution in [0.2, 0.25) is 0 Å². The summed E-state index contributed by atoms with van der Waals surface area (Å²) in [6, 6.07) is 15.0. The third-order valence-corrected chi connectivity index (χ3v) is 5.99. The molecule has 1 aliphatic heterocycles. The van der Waals surface area contributed by atoms with Gasteiger partial charge in [-0.25, -0.2) is 4.90 Å². The van der Waals surface area contributed by atoms with Crippen molar-refractivity contribution in [3.8, 4) is 5.75 Å². The predicted molar refractivity (Wildman–Crippen MR) is 127 cm³/mol. The van der Waals surface area contributed by atoms with Gasteiger partial charge in [0.15, 0.2) is 0 Å². The summed E-state index contributed by atoms with van der Waals surface area (Å²) < 4.78 is 5.83. The minimum absolute atomic E-state index is 0.0423. The van der Waals surface area contributed by atoms with E-state index in [1.165, 1.54) is 4.90 Å². The van der Waals surface area contributed by atoms with Gasteiger partial charge in [0, 0.05) is 34.9 Å². The molecule has 0 radical (unpaired) electrons. The van der Waals surface area contributed by atoms with Crippen LogP contribution in [0.4, 0.5) is 5.69 Å².